The second-order valence-electron chi connectivity index (χ2n) is 7.52. The maximum absolute atomic E-state index is 12.7. The standard InChI is InChI=1S/C20H36N2O6S/c1-2-3-4-5-6-7-8-9-10-11-19(25)20-21(14-15-23)12-13-22(20)16-18(24)17-29(26,27)28/h8-9,18,23-24H,2-7,10-17H2,1H3/p+1/b9-8+. The predicted molar refractivity (Wildman–Crippen MR) is 113 cm³/mol. The summed E-state index contributed by atoms with van der Waals surface area (Å²) < 4.78 is 32.4. The van der Waals surface area contributed by atoms with Crippen molar-refractivity contribution in [2.45, 2.75) is 64.4 Å². The topological polar surface area (TPSA) is 118 Å². The number of aliphatic hydroxyl groups is 2. The van der Waals surface area contributed by atoms with Crippen LogP contribution in [0.3, 0.4) is 0 Å². The van der Waals surface area contributed by atoms with Gasteiger partial charge in [0.25, 0.3) is 10.1 Å². The molecule has 0 amide bonds. The Balaban J connectivity index is 2.59. The van der Waals surface area contributed by atoms with Crippen LogP contribution in [-0.2, 0) is 14.9 Å². The summed E-state index contributed by atoms with van der Waals surface area (Å²) in [5.41, 5.74) is 0. The zero-order valence-electron chi connectivity index (χ0n) is 17.5. The van der Waals surface area contributed by atoms with Crippen molar-refractivity contribution < 1.29 is 32.6 Å². The van der Waals surface area contributed by atoms with E-state index in [1.165, 1.54) is 25.7 Å². The molecule has 0 saturated heterocycles. The molecule has 8 nitrogen and oxygen atoms in total. The maximum Gasteiger partial charge on any atom is 0.316 e. The van der Waals surface area contributed by atoms with Crippen molar-refractivity contribution in [3.05, 3.63) is 12.2 Å². The lowest BCUT2D eigenvalue weighted by atomic mass is 10.1. The van der Waals surface area contributed by atoms with Crippen LogP contribution in [0.5, 0.6) is 0 Å². The largest absolute Gasteiger partial charge is 0.392 e. The van der Waals surface area contributed by atoms with Crippen molar-refractivity contribution in [1.29, 1.82) is 0 Å². The Hall–Kier alpha value is -1.29. The molecule has 0 fully saturated rings. The molecule has 0 bridgehead atoms. The molecule has 0 saturated carbocycles. The quantitative estimate of drug-likeness (QED) is 0.145. The number of nitrogens with zero attached hydrogens (tertiary/aromatic N) is 2. The number of unbranched alkanes of at least 4 members (excludes halogenated alkanes) is 5. The van der Waals surface area contributed by atoms with Crippen LogP contribution in [0.15, 0.2) is 12.2 Å². The third-order valence-electron chi connectivity index (χ3n) is 4.87. The molecule has 0 radical (unpaired) electrons. The number of aliphatic hydroxyl groups excluding tert-OH is 2. The number of rotatable bonds is 16. The van der Waals surface area contributed by atoms with Crippen molar-refractivity contribution in [3.63, 3.8) is 0 Å². The zero-order chi connectivity index (χ0) is 21.7. The predicted octanol–water partition coefficient (Wildman–Crippen LogP) is 1.22. The van der Waals surface area contributed by atoms with E-state index in [9.17, 15) is 23.4 Å². The van der Waals surface area contributed by atoms with E-state index in [0.29, 0.717) is 38.3 Å². The monoisotopic (exact) mass is 433 g/mol. The van der Waals surface area contributed by atoms with Gasteiger partial charge in [0.1, 0.15) is 38.0 Å². The molecule has 0 aromatic rings. The fourth-order valence-corrected chi connectivity index (χ4v) is 4.09. The first-order valence-corrected chi connectivity index (χ1v) is 12.2. The molecule has 0 spiro atoms. The van der Waals surface area contributed by atoms with E-state index >= 15 is 0 Å². The molecule has 0 aromatic carbocycles. The molecule has 1 heterocycles. The Morgan fingerprint density at radius 1 is 1.21 bits per heavy atom. The molecule has 0 aliphatic carbocycles. The lowest BCUT2D eigenvalue weighted by Crippen LogP contribution is -2.40. The lowest BCUT2D eigenvalue weighted by molar-refractivity contribution is -0.525. The van der Waals surface area contributed by atoms with Crippen molar-refractivity contribution >= 4 is 21.7 Å². The molecule has 1 aliphatic heterocycles. The molecular weight excluding hydrogens is 396 g/mol. The van der Waals surface area contributed by atoms with E-state index in [2.05, 4.69) is 13.0 Å². The Bertz CT molecular complexity index is 660. The Kier molecular flexibility index (Phi) is 12.3. The number of Topliss-reactive ketones (excluding diaryl/α,β-unsaturated/α-hetero) is 1. The van der Waals surface area contributed by atoms with E-state index in [1.54, 1.807) is 9.48 Å². The summed E-state index contributed by atoms with van der Waals surface area (Å²) in [5, 5.41) is 19.2. The van der Waals surface area contributed by atoms with Gasteiger partial charge in [-0.05, 0) is 19.3 Å². The number of allylic oxidation sites excluding steroid dienone is 2. The van der Waals surface area contributed by atoms with E-state index in [1.807, 2.05) is 6.08 Å². The minimum absolute atomic E-state index is 0.0591. The van der Waals surface area contributed by atoms with Crippen LogP contribution in [-0.4, -0.2) is 88.9 Å². The van der Waals surface area contributed by atoms with Crippen molar-refractivity contribution in [2.24, 2.45) is 0 Å². The van der Waals surface area contributed by atoms with Crippen molar-refractivity contribution in [1.82, 2.24) is 4.90 Å². The minimum atomic E-state index is -4.29. The fraction of sp³-hybridized carbons (Fsp3) is 0.800. The first kappa shape index (κ1) is 25.7. The van der Waals surface area contributed by atoms with Crippen molar-refractivity contribution in [2.75, 3.05) is 38.5 Å². The fourth-order valence-electron chi connectivity index (χ4n) is 3.50. The summed E-state index contributed by atoms with van der Waals surface area (Å²) in [7, 11) is -4.29. The van der Waals surface area contributed by atoms with E-state index in [0.717, 1.165) is 12.8 Å². The number of hydrogen-bond acceptors (Lipinski definition) is 6. The number of carbonyl (C=O) groups excluding carboxylic acids is 1. The highest BCUT2D eigenvalue weighted by Gasteiger charge is 2.36. The van der Waals surface area contributed by atoms with Crippen LogP contribution in [0.2, 0.25) is 0 Å². The summed E-state index contributed by atoms with van der Waals surface area (Å²) in [6.07, 6.45) is 10.9. The van der Waals surface area contributed by atoms with Gasteiger partial charge in [-0.25, -0.2) is 0 Å². The van der Waals surface area contributed by atoms with Gasteiger partial charge in [-0.15, -0.1) is 0 Å². The van der Waals surface area contributed by atoms with Gasteiger partial charge in [0.2, 0.25) is 5.78 Å². The van der Waals surface area contributed by atoms with Gasteiger partial charge in [0.15, 0.2) is 0 Å². The number of hydrogen-bond donors (Lipinski definition) is 3. The van der Waals surface area contributed by atoms with Gasteiger partial charge >= 0.3 is 5.84 Å². The summed E-state index contributed by atoms with van der Waals surface area (Å²) in [5.74, 6) is -0.463. The smallest absolute Gasteiger partial charge is 0.316 e. The second-order valence-corrected chi connectivity index (χ2v) is 9.02. The van der Waals surface area contributed by atoms with Crippen LogP contribution in [0.4, 0.5) is 0 Å². The Morgan fingerprint density at radius 2 is 1.90 bits per heavy atom. The summed E-state index contributed by atoms with van der Waals surface area (Å²) in [6, 6.07) is 0. The average molecular weight is 434 g/mol. The van der Waals surface area contributed by atoms with Gasteiger partial charge in [-0.2, -0.15) is 8.42 Å². The molecule has 1 unspecified atom stereocenters. The second kappa shape index (κ2) is 13.8. The van der Waals surface area contributed by atoms with Gasteiger partial charge in [0.05, 0.1) is 6.61 Å². The number of carbonyl (C=O) groups is 1. The SMILES string of the molecule is CCCCCCC/C=C/CCC(=O)C1=[N+](CC(O)CS(=O)(=O)O)CCN1CCO. The van der Waals surface area contributed by atoms with E-state index in [-0.39, 0.29) is 18.9 Å². The molecular formula is C20H37N2O6S+. The zero-order valence-corrected chi connectivity index (χ0v) is 18.3. The Labute approximate surface area is 174 Å². The molecule has 3 N–H and O–H groups in total. The highest BCUT2D eigenvalue weighted by molar-refractivity contribution is 7.85. The average Bonchev–Trinajstić information content (AvgIpc) is 3.01. The molecule has 1 aliphatic rings. The van der Waals surface area contributed by atoms with Crippen molar-refractivity contribution in [3.8, 4) is 0 Å². The molecule has 1 rings (SSSR count). The van der Waals surface area contributed by atoms with E-state index in [4.69, 9.17) is 4.55 Å². The molecule has 9 heteroatoms. The maximum atomic E-state index is 12.7. The Morgan fingerprint density at radius 3 is 2.55 bits per heavy atom. The molecule has 1 atom stereocenters. The first-order valence-electron chi connectivity index (χ1n) is 10.6. The summed E-state index contributed by atoms with van der Waals surface area (Å²) >= 11 is 0. The first-order chi connectivity index (χ1) is 13.8. The van der Waals surface area contributed by atoms with Crippen LogP contribution in [0, 0.1) is 0 Å². The highest BCUT2D eigenvalue weighted by Crippen LogP contribution is 2.09. The number of amidine groups is 1. The summed E-state index contributed by atoms with van der Waals surface area (Å²) in [6.45, 7) is 3.31. The van der Waals surface area contributed by atoms with Crippen LogP contribution >= 0.6 is 0 Å². The lowest BCUT2D eigenvalue weighted by Gasteiger charge is -2.12. The third-order valence-corrected chi connectivity index (χ3v) is 5.68. The van der Waals surface area contributed by atoms with Gasteiger partial charge < -0.3 is 10.2 Å². The van der Waals surface area contributed by atoms with Crippen LogP contribution in [0.25, 0.3) is 0 Å². The van der Waals surface area contributed by atoms with Crippen LogP contribution < -0.4 is 0 Å². The molecule has 168 valence electrons. The normalized spacial score (nSPS) is 16.2. The van der Waals surface area contributed by atoms with Gasteiger partial charge in [0, 0.05) is 6.42 Å². The number of β-amino-alcohol motifs (C(OH)–C–C–N with tert-alkyl or cyclic N) is 2. The molecule has 0 aromatic heterocycles. The van der Waals surface area contributed by atoms with Crippen LogP contribution in [0.1, 0.15) is 58.3 Å². The van der Waals surface area contributed by atoms with E-state index < -0.39 is 22.0 Å². The third kappa shape index (κ3) is 10.9. The van der Waals surface area contributed by atoms with Gasteiger partial charge in [-0.3, -0.25) is 18.8 Å². The highest BCUT2D eigenvalue weighted by atomic mass is 32.2. The number of ketones is 1. The summed E-state index contributed by atoms with van der Waals surface area (Å²) in [4.78, 5) is 14.5. The molecule has 29 heavy (non-hydrogen) atoms. The van der Waals surface area contributed by atoms with Gasteiger partial charge in [-0.1, -0.05) is 44.8 Å². The minimum Gasteiger partial charge on any atom is -0.392 e.